The Kier molecular flexibility index (Phi) is 5.47. The molecule has 0 aliphatic carbocycles. The SMILES string of the molecule is O=S(=O)(Nc1cccc(-c2csc(-c3ccccc3)n2)c1)c1ccc(I)cc1. The highest BCUT2D eigenvalue weighted by Gasteiger charge is 2.15. The van der Waals surface area contributed by atoms with Gasteiger partial charge in [0, 0.05) is 25.8 Å². The van der Waals surface area contributed by atoms with E-state index in [1.54, 1.807) is 47.7 Å². The van der Waals surface area contributed by atoms with Crippen molar-refractivity contribution in [3.8, 4) is 21.8 Å². The van der Waals surface area contributed by atoms with Crippen molar-refractivity contribution in [1.82, 2.24) is 4.98 Å². The number of thiazole rings is 1. The second-order valence-corrected chi connectivity index (χ2v) is 9.83. The summed E-state index contributed by atoms with van der Waals surface area (Å²) in [5, 5.41) is 2.91. The standard InChI is InChI=1S/C21H15IN2O2S2/c22-17-9-11-19(12-10-17)28(25,26)24-18-8-4-7-16(13-18)20-14-27-21(23-20)15-5-2-1-3-6-15/h1-14,24H. The molecule has 4 nitrogen and oxygen atoms in total. The number of nitrogens with one attached hydrogen (secondary N) is 1. The Morgan fingerprint density at radius 2 is 1.57 bits per heavy atom. The molecule has 0 aliphatic heterocycles. The molecule has 1 heterocycles. The summed E-state index contributed by atoms with van der Waals surface area (Å²) in [4.78, 5) is 4.93. The molecule has 7 heteroatoms. The van der Waals surface area contributed by atoms with E-state index in [2.05, 4.69) is 27.3 Å². The summed E-state index contributed by atoms with van der Waals surface area (Å²) < 4.78 is 28.9. The molecule has 1 N–H and O–H groups in total. The molecule has 4 rings (SSSR count). The molecule has 0 fully saturated rings. The highest BCUT2D eigenvalue weighted by molar-refractivity contribution is 14.1. The maximum absolute atomic E-state index is 12.6. The summed E-state index contributed by atoms with van der Waals surface area (Å²) in [6.45, 7) is 0. The third-order valence-corrected chi connectivity index (χ3v) is 7.07. The van der Waals surface area contributed by atoms with Gasteiger partial charge >= 0.3 is 0 Å². The highest BCUT2D eigenvalue weighted by Crippen LogP contribution is 2.30. The summed E-state index contributed by atoms with van der Waals surface area (Å²) in [5.41, 5.74) is 3.25. The molecule has 140 valence electrons. The Balaban J connectivity index is 1.60. The molecular weight excluding hydrogens is 503 g/mol. The monoisotopic (exact) mass is 518 g/mol. The van der Waals surface area contributed by atoms with Gasteiger partial charge in [0.1, 0.15) is 5.01 Å². The Morgan fingerprint density at radius 1 is 0.857 bits per heavy atom. The number of aromatic nitrogens is 1. The fourth-order valence-corrected chi connectivity index (χ4v) is 4.93. The van der Waals surface area contributed by atoms with Crippen molar-refractivity contribution in [3.05, 3.63) is 87.8 Å². The number of nitrogens with zero attached hydrogens (tertiary/aromatic N) is 1. The lowest BCUT2D eigenvalue weighted by atomic mass is 10.1. The molecule has 0 amide bonds. The normalized spacial score (nSPS) is 11.3. The van der Waals surface area contributed by atoms with Crippen molar-refractivity contribution in [1.29, 1.82) is 0 Å². The molecule has 0 radical (unpaired) electrons. The van der Waals surface area contributed by atoms with Crippen molar-refractivity contribution >= 4 is 49.6 Å². The first-order valence-corrected chi connectivity index (χ1v) is 11.9. The van der Waals surface area contributed by atoms with Gasteiger partial charge in [-0.2, -0.15) is 0 Å². The minimum Gasteiger partial charge on any atom is -0.280 e. The van der Waals surface area contributed by atoms with Crippen LogP contribution in [0.5, 0.6) is 0 Å². The minimum atomic E-state index is -3.64. The Bertz CT molecular complexity index is 1200. The molecule has 0 unspecified atom stereocenters. The second kappa shape index (κ2) is 8.02. The topological polar surface area (TPSA) is 59.1 Å². The number of anilines is 1. The number of halogens is 1. The summed E-state index contributed by atoms with van der Waals surface area (Å²) >= 11 is 3.71. The second-order valence-electron chi connectivity index (χ2n) is 6.04. The lowest BCUT2D eigenvalue weighted by molar-refractivity contribution is 0.601. The Hall–Kier alpha value is -2.23. The molecule has 3 aromatic carbocycles. The smallest absolute Gasteiger partial charge is 0.261 e. The van der Waals surface area contributed by atoms with Crippen molar-refractivity contribution in [2.24, 2.45) is 0 Å². The van der Waals surface area contributed by atoms with Crippen LogP contribution in [0, 0.1) is 3.57 Å². The number of hydrogen-bond acceptors (Lipinski definition) is 4. The maximum Gasteiger partial charge on any atom is 0.261 e. The third kappa shape index (κ3) is 4.26. The van der Waals surface area contributed by atoms with Crippen LogP contribution in [0.3, 0.4) is 0 Å². The van der Waals surface area contributed by atoms with Crippen LogP contribution in [-0.2, 0) is 10.0 Å². The number of hydrogen-bond donors (Lipinski definition) is 1. The predicted octanol–water partition coefficient (Wildman–Crippen LogP) is 5.88. The number of rotatable bonds is 5. The van der Waals surface area contributed by atoms with Crippen molar-refractivity contribution < 1.29 is 8.42 Å². The lowest BCUT2D eigenvalue weighted by Crippen LogP contribution is -2.12. The summed E-state index contributed by atoms with van der Waals surface area (Å²) in [7, 11) is -3.64. The number of benzene rings is 3. The van der Waals surface area contributed by atoms with Gasteiger partial charge in [0.25, 0.3) is 10.0 Å². The highest BCUT2D eigenvalue weighted by atomic mass is 127. The zero-order valence-corrected chi connectivity index (χ0v) is 18.3. The van der Waals surface area contributed by atoms with E-state index in [0.29, 0.717) is 5.69 Å². The van der Waals surface area contributed by atoms with Gasteiger partial charge in [-0.25, -0.2) is 13.4 Å². The van der Waals surface area contributed by atoms with Crippen LogP contribution < -0.4 is 4.72 Å². The van der Waals surface area contributed by atoms with Crippen LogP contribution in [0.4, 0.5) is 5.69 Å². The van der Waals surface area contributed by atoms with Crippen molar-refractivity contribution in [3.63, 3.8) is 0 Å². The van der Waals surface area contributed by atoms with E-state index in [0.717, 1.165) is 25.4 Å². The van der Waals surface area contributed by atoms with E-state index in [-0.39, 0.29) is 4.90 Å². The van der Waals surface area contributed by atoms with Crippen LogP contribution >= 0.6 is 33.9 Å². The summed E-state index contributed by atoms with van der Waals surface area (Å²) in [6.07, 6.45) is 0. The van der Waals surface area contributed by atoms with E-state index in [1.165, 1.54) is 0 Å². The Morgan fingerprint density at radius 3 is 2.32 bits per heavy atom. The van der Waals surface area contributed by atoms with Gasteiger partial charge in [0.2, 0.25) is 0 Å². The lowest BCUT2D eigenvalue weighted by Gasteiger charge is -2.09. The molecule has 0 aliphatic rings. The van der Waals surface area contributed by atoms with Crippen LogP contribution in [0.25, 0.3) is 21.8 Å². The van der Waals surface area contributed by atoms with Crippen molar-refractivity contribution in [2.45, 2.75) is 4.90 Å². The van der Waals surface area contributed by atoms with Crippen LogP contribution in [-0.4, -0.2) is 13.4 Å². The molecule has 1 aromatic heterocycles. The summed E-state index contributed by atoms with van der Waals surface area (Å²) in [6, 6.07) is 24.0. The predicted molar refractivity (Wildman–Crippen MR) is 123 cm³/mol. The van der Waals surface area contributed by atoms with E-state index in [4.69, 9.17) is 4.98 Å². The van der Waals surface area contributed by atoms with Crippen LogP contribution in [0.15, 0.2) is 89.1 Å². The largest absolute Gasteiger partial charge is 0.280 e. The molecule has 4 aromatic rings. The van der Waals surface area contributed by atoms with Crippen molar-refractivity contribution in [2.75, 3.05) is 4.72 Å². The van der Waals surface area contributed by atoms with Gasteiger partial charge in [-0.1, -0.05) is 42.5 Å². The molecule has 0 atom stereocenters. The first-order valence-electron chi connectivity index (χ1n) is 8.41. The average Bonchev–Trinajstić information content (AvgIpc) is 3.19. The number of sulfonamides is 1. The van der Waals surface area contributed by atoms with E-state index >= 15 is 0 Å². The van der Waals surface area contributed by atoms with Gasteiger partial charge in [-0.05, 0) is 59.0 Å². The quantitative estimate of drug-likeness (QED) is 0.336. The summed E-state index contributed by atoms with van der Waals surface area (Å²) in [5.74, 6) is 0. The van der Waals surface area contributed by atoms with Gasteiger partial charge in [-0.3, -0.25) is 4.72 Å². The van der Waals surface area contributed by atoms with Crippen LogP contribution in [0.1, 0.15) is 0 Å². The van der Waals surface area contributed by atoms with E-state index in [1.807, 2.05) is 47.8 Å². The van der Waals surface area contributed by atoms with Gasteiger partial charge in [0.05, 0.1) is 10.6 Å². The first-order chi connectivity index (χ1) is 13.5. The molecule has 0 saturated carbocycles. The maximum atomic E-state index is 12.6. The molecule has 0 saturated heterocycles. The van der Waals surface area contributed by atoms with Gasteiger partial charge in [0.15, 0.2) is 0 Å². The molecule has 28 heavy (non-hydrogen) atoms. The first kappa shape index (κ1) is 19.1. The fourth-order valence-electron chi connectivity index (χ4n) is 2.69. The minimum absolute atomic E-state index is 0.235. The van der Waals surface area contributed by atoms with Crippen LogP contribution in [0.2, 0.25) is 0 Å². The van der Waals surface area contributed by atoms with Gasteiger partial charge in [-0.15, -0.1) is 11.3 Å². The fraction of sp³-hybridized carbons (Fsp3) is 0. The third-order valence-electron chi connectivity index (χ3n) is 4.06. The zero-order chi connectivity index (χ0) is 19.6. The molecular formula is C21H15IN2O2S2. The van der Waals surface area contributed by atoms with Gasteiger partial charge < -0.3 is 0 Å². The van der Waals surface area contributed by atoms with E-state index in [9.17, 15) is 8.42 Å². The average molecular weight is 518 g/mol. The zero-order valence-electron chi connectivity index (χ0n) is 14.5. The molecule has 0 bridgehead atoms. The Labute approximate surface area is 181 Å². The molecule has 0 spiro atoms. The van der Waals surface area contributed by atoms with E-state index < -0.39 is 10.0 Å².